The Labute approximate surface area is 147 Å². The third-order valence-electron chi connectivity index (χ3n) is 3.22. The molecule has 0 unspecified atom stereocenters. The monoisotopic (exact) mass is 361 g/mol. The van der Waals surface area contributed by atoms with Crippen LogP contribution in [-0.2, 0) is 4.79 Å². The largest absolute Gasteiger partial charge is 0.289 e. The molecule has 1 aromatic carbocycles. The van der Waals surface area contributed by atoms with Crippen molar-refractivity contribution in [2.24, 2.45) is 0 Å². The molecule has 2 heterocycles. The molecule has 2 nitrogen and oxygen atoms in total. The van der Waals surface area contributed by atoms with E-state index in [-0.39, 0.29) is 11.7 Å². The Kier molecular flexibility index (Phi) is 4.75. The minimum Gasteiger partial charge on any atom is -0.289 e. The van der Waals surface area contributed by atoms with Gasteiger partial charge in [-0.2, -0.15) is 0 Å². The molecule has 0 atom stereocenters. The van der Waals surface area contributed by atoms with Gasteiger partial charge in [-0.15, -0.1) is 17.9 Å². The third-order valence-corrected chi connectivity index (χ3v) is 5.67. The van der Waals surface area contributed by atoms with Gasteiger partial charge < -0.3 is 0 Å². The molecule has 0 spiro atoms. The van der Waals surface area contributed by atoms with Gasteiger partial charge in [0.1, 0.15) is 10.1 Å². The summed E-state index contributed by atoms with van der Waals surface area (Å²) < 4.78 is 14.4. The summed E-state index contributed by atoms with van der Waals surface area (Å²) in [6.45, 7) is 4.04. The van der Waals surface area contributed by atoms with Crippen molar-refractivity contribution in [3.8, 4) is 10.4 Å². The Morgan fingerprint density at radius 3 is 2.78 bits per heavy atom. The van der Waals surface area contributed by atoms with E-state index in [0.717, 1.165) is 9.75 Å². The smallest absolute Gasteiger partial charge is 0.266 e. The Morgan fingerprint density at radius 2 is 2.04 bits per heavy atom. The fourth-order valence-corrected chi connectivity index (χ4v) is 4.47. The maximum absolute atomic E-state index is 13.8. The van der Waals surface area contributed by atoms with Crippen LogP contribution in [0, 0.1) is 5.82 Å². The highest BCUT2D eigenvalue weighted by molar-refractivity contribution is 8.26. The topological polar surface area (TPSA) is 20.3 Å². The number of carbonyl (C=O) groups is 1. The zero-order valence-corrected chi connectivity index (χ0v) is 14.4. The first-order chi connectivity index (χ1) is 11.1. The standard InChI is InChI=1S/C17H12FNOS3/c1-2-9-19-16(20)15(23-17(19)21)10-11-7-8-14(22-11)12-5-3-4-6-13(12)18/h2-8,10H,1,9H2. The minimum absolute atomic E-state index is 0.110. The third kappa shape index (κ3) is 3.29. The van der Waals surface area contributed by atoms with Gasteiger partial charge in [0, 0.05) is 21.9 Å². The van der Waals surface area contributed by atoms with E-state index in [2.05, 4.69) is 6.58 Å². The van der Waals surface area contributed by atoms with Crippen molar-refractivity contribution in [3.63, 3.8) is 0 Å². The fourth-order valence-electron chi connectivity index (χ4n) is 2.15. The fraction of sp³-hybridized carbons (Fsp3) is 0.0588. The van der Waals surface area contributed by atoms with Gasteiger partial charge in [-0.25, -0.2) is 4.39 Å². The van der Waals surface area contributed by atoms with Gasteiger partial charge in [0.2, 0.25) is 0 Å². The van der Waals surface area contributed by atoms with Crippen molar-refractivity contribution in [2.75, 3.05) is 6.54 Å². The van der Waals surface area contributed by atoms with Crippen LogP contribution in [0.15, 0.2) is 54.0 Å². The number of thioether (sulfide) groups is 1. The van der Waals surface area contributed by atoms with E-state index in [1.54, 1.807) is 30.4 Å². The van der Waals surface area contributed by atoms with E-state index in [1.807, 2.05) is 12.1 Å². The van der Waals surface area contributed by atoms with Gasteiger partial charge in [-0.05, 0) is 24.3 Å². The van der Waals surface area contributed by atoms with Crippen LogP contribution in [0.3, 0.4) is 0 Å². The zero-order valence-electron chi connectivity index (χ0n) is 12.0. The van der Waals surface area contributed by atoms with Crippen LogP contribution in [0.5, 0.6) is 0 Å². The molecular weight excluding hydrogens is 349 g/mol. The summed E-state index contributed by atoms with van der Waals surface area (Å²) in [6.07, 6.45) is 3.45. The number of carbonyl (C=O) groups excluding carboxylic acids is 1. The summed E-state index contributed by atoms with van der Waals surface area (Å²) in [5.41, 5.74) is 0.566. The predicted octanol–water partition coefficient (Wildman–Crippen LogP) is 4.94. The quantitative estimate of drug-likeness (QED) is 0.437. The van der Waals surface area contributed by atoms with Crippen molar-refractivity contribution >= 4 is 51.6 Å². The summed E-state index contributed by atoms with van der Waals surface area (Å²) in [5, 5.41) is 0. The van der Waals surface area contributed by atoms with E-state index in [4.69, 9.17) is 12.2 Å². The molecule has 1 aliphatic heterocycles. The second-order valence-electron chi connectivity index (χ2n) is 4.76. The van der Waals surface area contributed by atoms with E-state index >= 15 is 0 Å². The zero-order chi connectivity index (χ0) is 16.4. The molecule has 1 fully saturated rings. The molecule has 1 aromatic heterocycles. The molecule has 1 saturated heterocycles. The van der Waals surface area contributed by atoms with Gasteiger partial charge in [0.05, 0.1) is 4.91 Å². The van der Waals surface area contributed by atoms with Gasteiger partial charge >= 0.3 is 0 Å². The Hall–Kier alpha value is -1.76. The molecule has 1 amide bonds. The highest BCUT2D eigenvalue weighted by Crippen LogP contribution is 2.36. The first-order valence-corrected chi connectivity index (χ1v) is 8.85. The van der Waals surface area contributed by atoms with Crippen LogP contribution < -0.4 is 0 Å². The normalized spacial score (nSPS) is 16.4. The average Bonchev–Trinajstić information content (AvgIpc) is 3.09. The van der Waals surface area contributed by atoms with Crippen molar-refractivity contribution in [3.05, 3.63) is 64.7 Å². The number of thiophene rings is 1. The van der Waals surface area contributed by atoms with Crippen LogP contribution in [-0.4, -0.2) is 21.7 Å². The molecule has 116 valence electrons. The van der Waals surface area contributed by atoms with E-state index in [9.17, 15) is 9.18 Å². The van der Waals surface area contributed by atoms with Gasteiger partial charge in [0.15, 0.2) is 0 Å². The summed E-state index contributed by atoms with van der Waals surface area (Å²) in [4.78, 5) is 16.1. The average molecular weight is 361 g/mol. The minimum atomic E-state index is -0.252. The maximum Gasteiger partial charge on any atom is 0.266 e. The lowest BCUT2D eigenvalue weighted by Gasteiger charge is -2.10. The maximum atomic E-state index is 13.8. The molecule has 0 radical (unpaired) electrons. The van der Waals surface area contributed by atoms with Crippen LogP contribution >= 0.6 is 35.3 Å². The molecule has 1 aliphatic rings. The Bertz CT molecular complexity index is 825. The van der Waals surface area contributed by atoms with E-state index in [0.29, 0.717) is 21.3 Å². The van der Waals surface area contributed by atoms with Crippen molar-refractivity contribution in [2.45, 2.75) is 0 Å². The Morgan fingerprint density at radius 1 is 1.26 bits per heavy atom. The van der Waals surface area contributed by atoms with Crippen LogP contribution in [0.4, 0.5) is 4.39 Å². The summed E-state index contributed by atoms with van der Waals surface area (Å²) >= 11 is 7.93. The number of thiocarbonyl (C=S) groups is 1. The second-order valence-corrected chi connectivity index (χ2v) is 7.55. The summed E-state index contributed by atoms with van der Waals surface area (Å²) in [7, 11) is 0. The highest BCUT2D eigenvalue weighted by atomic mass is 32.2. The van der Waals surface area contributed by atoms with Crippen LogP contribution in [0.2, 0.25) is 0 Å². The molecule has 0 bridgehead atoms. The number of hydrogen-bond donors (Lipinski definition) is 0. The lowest BCUT2D eigenvalue weighted by atomic mass is 10.2. The molecule has 0 saturated carbocycles. The number of amides is 1. The number of halogens is 1. The van der Waals surface area contributed by atoms with Crippen molar-refractivity contribution in [1.29, 1.82) is 0 Å². The first kappa shape index (κ1) is 16.1. The highest BCUT2D eigenvalue weighted by Gasteiger charge is 2.31. The van der Waals surface area contributed by atoms with Crippen LogP contribution in [0.25, 0.3) is 16.5 Å². The molecule has 6 heteroatoms. The predicted molar refractivity (Wildman–Crippen MR) is 99.8 cm³/mol. The number of rotatable bonds is 4. The second kappa shape index (κ2) is 6.78. The number of nitrogens with zero attached hydrogens (tertiary/aromatic N) is 1. The van der Waals surface area contributed by atoms with Crippen LogP contribution in [0.1, 0.15) is 4.88 Å². The molecule has 23 heavy (non-hydrogen) atoms. The summed E-state index contributed by atoms with van der Waals surface area (Å²) in [6, 6.07) is 10.4. The van der Waals surface area contributed by atoms with E-state index < -0.39 is 0 Å². The number of hydrogen-bond acceptors (Lipinski definition) is 4. The van der Waals surface area contributed by atoms with Crippen molar-refractivity contribution in [1.82, 2.24) is 4.90 Å². The molecule has 2 aromatic rings. The SMILES string of the molecule is C=CCN1C(=O)C(=Cc2ccc(-c3ccccc3F)s2)SC1=S. The lowest BCUT2D eigenvalue weighted by molar-refractivity contribution is -0.121. The number of benzene rings is 1. The summed E-state index contributed by atoms with van der Waals surface area (Å²) in [5.74, 6) is -0.362. The molecular formula is C17H12FNOS3. The van der Waals surface area contributed by atoms with E-state index in [1.165, 1.54) is 34.1 Å². The molecule has 0 N–H and O–H groups in total. The van der Waals surface area contributed by atoms with Gasteiger partial charge in [-0.3, -0.25) is 9.69 Å². The lowest BCUT2D eigenvalue weighted by Crippen LogP contribution is -2.27. The molecule has 0 aliphatic carbocycles. The van der Waals surface area contributed by atoms with Gasteiger partial charge in [0.25, 0.3) is 5.91 Å². The van der Waals surface area contributed by atoms with Crippen molar-refractivity contribution < 1.29 is 9.18 Å². The Balaban J connectivity index is 1.87. The first-order valence-electron chi connectivity index (χ1n) is 6.81. The molecule has 3 rings (SSSR count). The van der Waals surface area contributed by atoms with Gasteiger partial charge in [-0.1, -0.05) is 48.3 Å².